The van der Waals surface area contributed by atoms with E-state index < -0.39 is 10.8 Å². The monoisotopic (exact) mass is 272 g/mol. The van der Waals surface area contributed by atoms with Crippen LogP contribution in [0.4, 0.5) is 11.4 Å². The van der Waals surface area contributed by atoms with Gasteiger partial charge in [-0.05, 0) is 37.3 Å². The number of nitrogens with one attached hydrogen (secondary N) is 1. The second kappa shape index (κ2) is 5.40. The lowest BCUT2D eigenvalue weighted by Gasteiger charge is -2.06. The van der Waals surface area contributed by atoms with Crippen LogP contribution in [-0.4, -0.2) is 15.9 Å². The molecule has 0 aliphatic carbocycles. The number of nitro benzene ring substituents is 1. The Hall–Kier alpha value is -2.89. The molecule has 6 heteroatoms. The minimum absolute atomic E-state index is 0.0916. The number of carbonyl (C=O) groups excluding carboxylic acids is 1. The summed E-state index contributed by atoms with van der Waals surface area (Å²) in [7, 11) is 0. The Balaban J connectivity index is 2.23. The zero-order valence-corrected chi connectivity index (χ0v) is 10.7. The van der Waals surface area contributed by atoms with Gasteiger partial charge in [0.2, 0.25) is 0 Å². The highest BCUT2D eigenvalue weighted by molar-refractivity contribution is 6.04. The SMILES string of the molecule is Cc1ccc(C(=O)Nc2ccc(O)cc2)cc1[N+](=O)[O-]. The summed E-state index contributed by atoms with van der Waals surface area (Å²) in [5.74, 6) is -0.354. The maximum atomic E-state index is 12.0. The summed E-state index contributed by atoms with van der Waals surface area (Å²) in [5.41, 5.74) is 1.10. The normalized spacial score (nSPS) is 10.1. The molecule has 0 fully saturated rings. The standard InChI is InChI=1S/C14H12N2O4/c1-9-2-3-10(8-13(9)16(19)20)14(18)15-11-4-6-12(17)7-5-11/h2-8,17H,1H3,(H,15,18). The first-order chi connectivity index (χ1) is 9.47. The number of nitrogens with zero attached hydrogens (tertiary/aromatic N) is 1. The van der Waals surface area contributed by atoms with Crippen LogP contribution in [0.1, 0.15) is 15.9 Å². The number of nitro groups is 1. The number of carbonyl (C=O) groups is 1. The van der Waals surface area contributed by atoms with Crippen LogP contribution in [0.3, 0.4) is 0 Å². The highest BCUT2D eigenvalue weighted by atomic mass is 16.6. The molecule has 0 atom stereocenters. The van der Waals surface area contributed by atoms with Gasteiger partial charge in [0, 0.05) is 22.9 Å². The molecule has 0 aromatic heterocycles. The average Bonchev–Trinajstić information content (AvgIpc) is 2.41. The number of aryl methyl sites for hydroxylation is 1. The van der Waals surface area contributed by atoms with Gasteiger partial charge >= 0.3 is 0 Å². The third kappa shape index (κ3) is 2.92. The lowest BCUT2D eigenvalue weighted by Crippen LogP contribution is -2.12. The predicted molar refractivity (Wildman–Crippen MR) is 73.9 cm³/mol. The van der Waals surface area contributed by atoms with Gasteiger partial charge in [-0.15, -0.1) is 0 Å². The lowest BCUT2D eigenvalue weighted by atomic mass is 10.1. The molecule has 20 heavy (non-hydrogen) atoms. The van der Waals surface area contributed by atoms with Gasteiger partial charge in [0.1, 0.15) is 5.75 Å². The van der Waals surface area contributed by atoms with Gasteiger partial charge in [-0.25, -0.2) is 0 Å². The Morgan fingerprint density at radius 3 is 2.45 bits per heavy atom. The molecule has 0 spiro atoms. The third-order valence-electron chi connectivity index (χ3n) is 2.79. The van der Waals surface area contributed by atoms with Crippen molar-refractivity contribution < 1.29 is 14.8 Å². The maximum Gasteiger partial charge on any atom is 0.273 e. The quantitative estimate of drug-likeness (QED) is 0.510. The summed E-state index contributed by atoms with van der Waals surface area (Å²) >= 11 is 0. The fraction of sp³-hybridized carbons (Fsp3) is 0.0714. The van der Waals surface area contributed by atoms with Crippen molar-refractivity contribution >= 4 is 17.3 Å². The molecule has 0 unspecified atom stereocenters. The van der Waals surface area contributed by atoms with Gasteiger partial charge in [0.25, 0.3) is 11.6 Å². The van der Waals surface area contributed by atoms with Crippen molar-refractivity contribution in [1.29, 1.82) is 0 Å². The molecular weight excluding hydrogens is 260 g/mol. The van der Waals surface area contributed by atoms with Crippen molar-refractivity contribution in [1.82, 2.24) is 0 Å². The molecule has 2 N–H and O–H groups in total. The molecule has 0 heterocycles. The summed E-state index contributed by atoms with van der Waals surface area (Å²) in [4.78, 5) is 22.3. The number of hydrogen-bond donors (Lipinski definition) is 2. The van der Waals surface area contributed by atoms with E-state index in [1.807, 2.05) is 0 Å². The van der Waals surface area contributed by atoms with Gasteiger partial charge in [-0.3, -0.25) is 14.9 Å². The van der Waals surface area contributed by atoms with Crippen LogP contribution in [0, 0.1) is 17.0 Å². The second-order valence-corrected chi connectivity index (χ2v) is 4.26. The minimum Gasteiger partial charge on any atom is -0.508 e. The van der Waals surface area contributed by atoms with E-state index in [2.05, 4.69) is 5.32 Å². The second-order valence-electron chi connectivity index (χ2n) is 4.26. The van der Waals surface area contributed by atoms with Crippen molar-refractivity contribution in [3.8, 4) is 5.75 Å². The Bertz CT molecular complexity index is 665. The number of hydrogen-bond acceptors (Lipinski definition) is 4. The molecule has 1 amide bonds. The number of phenolic OH excluding ortho intramolecular Hbond substituents is 1. The third-order valence-corrected chi connectivity index (χ3v) is 2.79. The number of aromatic hydroxyl groups is 1. The molecule has 2 rings (SSSR count). The molecule has 0 saturated carbocycles. The lowest BCUT2D eigenvalue weighted by molar-refractivity contribution is -0.385. The number of benzene rings is 2. The van der Waals surface area contributed by atoms with Crippen molar-refractivity contribution in [3.63, 3.8) is 0 Å². The van der Waals surface area contributed by atoms with Crippen molar-refractivity contribution in [3.05, 3.63) is 63.7 Å². The number of phenols is 1. The van der Waals surface area contributed by atoms with Crippen LogP contribution >= 0.6 is 0 Å². The van der Waals surface area contributed by atoms with Gasteiger partial charge in [-0.1, -0.05) is 6.07 Å². The Labute approximate surface area is 114 Å². The van der Waals surface area contributed by atoms with Crippen molar-refractivity contribution in [2.75, 3.05) is 5.32 Å². The number of amides is 1. The van der Waals surface area contributed by atoms with Gasteiger partial charge in [0.05, 0.1) is 4.92 Å². The molecule has 0 aliphatic heterocycles. The zero-order chi connectivity index (χ0) is 14.7. The topological polar surface area (TPSA) is 92.5 Å². The average molecular weight is 272 g/mol. The van der Waals surface area contributed by atoms with Crippen LogP contribution in [-0.2, 0) is 0 Å². The summed E-state index contributed by atoms with van der Waals surface area (Å²) in [6.07, 6.45) is 0. The fourth-order valence-electron chi connectivity index (χ4n) is 1.70. The van der Waals surface area contributed by atoms with Crippen LogP contribution in [0.15, 0.2) is 42.5 Å². The van der Waals surface area contributed by atoms with Crippen molar-refractivity contribution in [2.45, 2.75) is 6.92 Å². The highest BCUT2D eigenvalue weighted by Crippen LogP contribution is 2.20. The van der Waals surface area contributed by atoms with E-state index in [1.165, 1.54) is 42.5 Å². The summed E-state index contributed by atoms with van der Waals surface area (Å²) < 4.78 is 0. The van der Waals surface area contributed by atoms with E-state index in [9.17, 15) is 14.9 Å². The van der Waals surface area contributed by atoms with Crippen LogP contribution in [0.2, 0.25) is 0 Å². The largest absolute Gasteiger partial charge is 0.508 e. The van der Waals surface area contributed by atoms with E-state index in [4.69, 9.17) is 5.11 Å². The van der Waals surface area contributed by atoms with Crippen LogP contribution in [0.25, 0.3) is 0 Å². The van der Waals surface area contributed by atoms with E-state index in [-0.39, 0.29) is 17.0 Å². The molecule has 6 nitrogen and oxygen atoms in total. The van der Waals surface area contributed by atoms with Gasteiger partial charge < -0.3 is 10.4 Å². The first-order valence-electron chi connectivity index (χ1n) is 5.83. The molecule has 2 aromatic carbocycles. The molecule has 2 aromatic rings. The fourth-order valence-corrected chi connectivity index (χ4v) is 1.70. The molecule has 0 radical (unpaired) electrons. The number of anilines is 1. The summed E-state index contributed by atoms with van der Waals surface area (Å²) in [6, 6.07) is 10.2. The van der Waals surface area contributed by atoms with E-state index in [0.29, 0.717) is 11.3 Å². The smallest absolute Gasteiger partial charge is 0.273 e. The Morgan fingerprint density at radius 1 is 1.20 bits per heavy atom. The molecule has 0 bridgehead atoms. The highest BCUT2D eigenvalue weighted by Gasteiger charge is 2.15. The summed E-state index contributed by atoms with van der Waals surface area (Å²) in [5, 5.41) is 22.6. The molecular formula is C14H12N2O4. The first-order valence-corrected chi connectivity index (χ1v) is 5.83. The number of rotatable bonds is 3. The van der Waals surface area contributed by atoms with E-state index in [1.54, 1.807) is 6.92 Å². The minimum atomic E-state index is -0.521. The van der Waals surface area contributed by atoms with Crippen LogP contribution in [0.5, 0.6) is 5.75 Å². The Morgan fingerprint density at radius 2 is 1.85 bits per heavy atom. The van der Waals surface area contributed by atoms with Crippen LogP contribution < -0.4 is 5.32 Å². The zero-order valence-electron chi connectivity index (χ0n) is 10.7. The maximum absolute atomic E-state index is 12.0. The summed E-state index contributed by atoms with van der Waals surface area (Å²) in [6.45, 7) is 1.61. The van der Waals surface area contributed by atoms with Crippen molar-refractivity contribution in [2.24, 2.45) is 0 Å². The molecule has 0 saturated heterocycles. The van der Waals surface area contributed by atoms with E-state index in [0.717, 1.165) is 0 Å². The van der Waals surface area contributed by atoms with E-state index >= 15 is 0 Å². The molecule has 102 valence electrons. The van der Waals surface area contributed by atoms with Gasteiger partial charge in [0.15, 0.2) is 0 Å². The molecule has 0 aliphatic rings. The first kappa shape index (κ1) is 13.5. The Kier molecular flexibility index (Phi) is 3.65. The predicted octanol–water partition coefficient (Wildman–Crippen LogP) is 2.86. The van der Waals surface area contributed by atoms with Gasteiger partial charge in [-0.2, -0.15) is 0 Å².